The Kier molecular flexibility index (Phi) is 5.98. The first-order chi connectivity index (χ1) is 8.29. The van der Waals surface area contributed by atoms with E-state index in [0.29, 0.717) is 0 Å². The van der Waals surface area contributed by atoms with Gasteiger partial charge in [0.1, 0.15) is 5.82 Å². The summed E-state index contributed by atoms with van der Waals surface area (Å²) in [6, 6.07) is 6.77. The highest BCUT2D eigenvalue weighted by molar-refractivity contribution is 5.46. The van der Waals surface area contributed by atoms with Gasteiger partial charge >= 0.3 is 0 Å². The van der Waals surface area contributed by atoms with Crippen LogP contribution in [-0.4, -0.2) is 37.6 Å². The van der Waals surface area contributed by atoms with E-state index >= 15 is 0 Å². The van der Waals surface area contributed by atoms with Crippen LogP contribution in [0.1, 0.15) is 20.8 Å². The predicted octanol–water partition coefficient (Wildman–Crippen LogP) is 2.99. The minimum absolute atomic E-state index is 0.161. The summed E-state index contributed by atoms with van der Waals surface area (Å²) < 4.78 is 12.7. The van der Waals surface area contributed by atoms with Crippen molar-refractivity contribution in [2.24, 2.45) is 0 Å². The molecular formula is C14H23FN2. The van der Waals surface area contributed by atoms with E-state index in [1.807, 2.05) is 26.0 Å². The molecule has 0 amide bonds. The van der Waals surface area contributed by atoms with E-state index in [2.05, 4.69) is 16.7 Å². The summed E-state index contributed by atoms with van der Waals surface area (Å²) in [5.74, 6) is -0.161. The lowest BCUT2D eigenvalue weighted by atomic mass is 10.2. The Morgan fingerprint density at radius 1 is 1.00 bits per heavy atom. The highest BCUT2D eigenvalue weighted by atomic mass is 19.1. The Morgan fingerprint density at radius 2 is 1.53 bits per heavy atom. The monoisotopic (exact) mass is 238 g/mol. The Balaban J connectivity index is 0.000000686. The van der Waals surface area contributed by atoms with Gasteiger partial charge in [-0.1, -0.05) is 20.8 Å². The fourth-order valence-corrected chi connectivity index (χ4v) is 1.97. The molecular weight excluding hydrogens is 215 g/mol. The minimum atomic E-state index is -0.161. The standard InChI is InChI=1S/C12H17FN2.C2H6/c1-2-14-7-9-15(10-8-14)12-5-3-11(13)4-6-12;1-2/h3-6H,2,7-10H2,1H3;1-2H3. The SMILES string of the molecule is CC.CCN1CCN(c2ccc(F)cc2)CC1. The van der Waals surface area contributed by atoms with E-state index in [1.54, 1.807) is 0 Å². The van der Waals surface area contributed by atoms with Gasteiger partial charge in [-0.05, 0) is 30.8 Å². The third-order valence-electron chi connectivity index (χ3n) is 3.01. The Hall–Kier alpha value is -1.09. The number of hydrogen-bond acceptors (Lipinski definition) is 2. The van der Waals surface area contributed by atoms with Crippen LogP contribution in [0.5, 0.6) is 0 Å². The van der Waals surface area contributed by atoms with Crippen LogP contribution in [0.25, 0.3) is 0 Å². The van der Waals surface area contributed by atoms with E-state index in [0.717, 1.165) is 38.4 Å². The van der Waals surface area contributed by atoms with E-state index < -0.39 is 0 Å². The van der Waals surface area contributed by atoms with Crippen molar-refractivity contribution in [3.05, 3.63) is 30.1 Å². The second-order valence-corrected chi connectivity index (χ2v) is 3.90. The zero-order valence-electron chi connectivity index (χ0n) is 11.1. The van der Waals surface area contributed by atoms with Crippen LogP contribution >= 0.6 is 0 Å². The molecule has 1 fully saturated rings. The van der Waals surface area contributed by atoms with Gasteiger partial charge in [-0.2, -0.15) is 0 Å². The highest BCUT2D eigenvalue weighted by Gasteiger charge is 2.15. The number of hydrogen-bond donors (Lipinski definition) is 0. The van der Waals surface area contributed by atoms with Crippen LogP contribution in [0.15, 0.2) is 24.3 Å². The summed E-state index contributed by atoms with van der Waals surface area (Å²) in [4.78, 5) is 4.74. The fourth-order valence-electron chi connectivity index (χ4n) is 1.97. The quantitative estimate of drug-likeness (QED) is 0.781. The van der Waals surface area contributed by atoms with Crippen LogP contribution in [0, 0.1) is 5.82 Å². The average Bonchev–Trinajstić information content (AvgIpc) is 2.42. The van der Waals surface area contributed by atoms with Gasteiger partial charge in [-0.3, -0.25) is 0 Å². The van der Waals surface area contributed by atoms with Crippen LogP contribution in [0.3, 0.4) is 0 Å². The van der Waals surface area contributed by atoms with E-state index in [-0.39, 0.29) is 5.82 Å². The van der Waals surface area contributed by atoms with Crippen LogP contribution < -0.4 is 4.90 Å². The molecule has 1 aliphatic rings. The Bertz CT molecular complexity index is 303. The average molecular weight is 238 g/mol. The number of benzene rings is 1. The van der Waals surface area contributed by atoms with E-state index in [9.17, 15) is 4.39 Å². The molecule has 0 N–H and O–H groups in total. The lowest BCUT2D eigenvalue weighted by Gasteiger charge is -2.35. The van der Waals surface area contributed by atoms with Crippen molar-refractivity contribution in [1.29, 1.82) is 0 Å². The maximum atomic E-state index is 12.7. The van der Waals surface area contributed by atoms with Crippen molar-refractivity contribution in [2.45, 2.75) is 20.8 Å². The van der Waals surface area contributed by atoms with Crippen LogP contribution in [0.4, 0.5) is 10.1 Å². The normalized spacial score (nSPS) is 16.4. The minimum Gasteiger partial charge on any atom is -0.369 e. The number of halogens is 1. The number of piperazine rings is 1. The first-order valence-corrected chi connectivity index (χ1v) is 6.52. The summed E-state index contributed by atoms with van der Waals surface area (Å²) in [7, 11) is 0. The van der Waals surface area contributed by atoms with Crippen LogP contribution in [-0.2, 0) is 0 Å². The lowest BCUT2D eigenvalue weighted by Crippen LogP contribution is -2.46. The molecule has 3 heteroatoms. The molecule has 1 aromatic rings. The molecule has 1 aliphatic heterocycles. The molecule has 0 unspecified atom stereocenters. The van der Waals surface area contributed by atoms with Gasteiger partial charge in [-0.25, -0.2) is 4.39 Å². The topological polar surface area (TPSA) is 6.48 Å². The number of likely N-dealkylation sites (N-methyl/N-ethyl adjacent to an activating group) is 1. The van der Waals surface area contributed by atoms with Gasteiger partial charge in [-0.15, -0.1) is 0 Å². The molecule has 1 heterocycles. The van der Waals surface area contributed by atoms with Crippen molar-refractivity contribution in [2.75, 3.05) is 37.6 Å². The molecule has 2 nitrogen and oxygen atoms in total. The van der Waals surface area contributed by atoms with Gasteiger partial charge in [0.15, 0.2) is 0 Å². The summed E-state index contributed by atoms with van der Waals surface area (Å²) in [5, 5.41) is 0. The molecule has 0 atom stereocenters. The summed E-state index contributed by atoms with van der Waals surface area (Å²) >= 11 is 0. The Morgan fingerprint density at radius 3 is 2.00 bits per heavy atom. The number of rotatable bonds is 2. The van der Waals surface area contributed by atoms with Gasteiger partial charge in [0.25, 0.3) is 0 Å². The Labute approximate surface area is 104 Å². The zero-order valence-corrected chi connectivity index (χ0v) is 11.1. The van der Waals surface area contributed by atoms with Crippen molar-refractivity contribution >= 4 is 5.69 Å². The number of nitrogens with zero attached hydrogens (tertiary/aromatic N) is 2. The maximum Gasteiger partial charge on any atom is 0.123 e. The maximum absolute atomic E-state index is 12.7. The molecule has 0 aliphatic carbocycles. The van der Waals surface area contributed by atoms with Gasteiger partial charge in [0.2, 0.25) is 0 Å². The van der Waals surface area contributed by atoms with Crippen molar-refractivity contribution in [3.63, 3.8) is 0 Å². The molecule has 0 radical (unpaired) electrons. The fraction of sp³-hybridized carbons (Fsp3) is 0.571. The largest absolute Gasteiger partial charge is 0.369 e. The van der Waals surface area contributed by atoms with E-state index in [1.165, 1.54) is 12.1 Å². The highest BCUT2D eigenvalue weighted by Crippen LogP contribution is 2.16. The summed E-state index contributed by atoms with van der Waals surface area (Å²) in [6.45, 7) is 11.6. The molecule has 0 bridgehead atoms. The summed E-state index contributed by atoms with van der Waals surface area (Å²) in [5.41, 5.74) is 1.13. The third-order valence-corrected chi connectivity index (χ3v) is 3.01. The molecule has 0 spiro atoms. The smallest absolute Gasteiger partial charge is 0.123 e. The van der Waals surface area contributed by atoms with Gasteiger partial charge < -0.3 is 9.80 Å². The van der Waals surface area contributed by atoms with Crippen molar-refractivity contribution in [1.82, 2.24) is 4.90 Å². The van der Waals surface area contributed by atoms with Crippen LogP contribution in [0.2, 0.25) is 0 Å². The van der Waals surface area contributed by atoms with Crippen molar-refractivity contribution < 1.29 is 4.39 Å². The van der Waals surface area contributed by atoms with Gasteiger partial charge in [0, 0.05) is 31.9 Å². The second-order valence-electron chi connectivity index (χ2n) is 3.90. The van der Waals surface area contributed by atoms with Gasteiger partial charge in [0.05, 0.1) is 0 Å². The molecule has 1 aromatic carbocycles. The molecule has 96 valence electrons. The zero-order chi connectivity index (χ0) is 12.7. The lowest BCUT2D eigenvalue weighted by molar-refractivity contribution is 0.271. The first-order valence-electron chi connectivity index (χ1n) is 6.52. The number of anilines is 1. The second kappa shape index (κ2) is 7.28. The molecule has 2 rings (SSSR count). The molecule has 0 saturated carbocycles. The molecule has 0 aromatic heterocycles. The van der Waals surface area contributed by atoms with E-state index in [4.69, 9.17) is 0 Å². The van der Waals surface area contributed by atoms with Crippen molar-refractivity contribution in [3.8, 4) is 0 Å². The third kappa shape index (κ3) is 4.00. The predicted molar refractivity (Wildman–Crippen MR) is 72.1 cm³/mol. The first kappa shape index (κ1) is 14.0. The molecule has 17 heavy (non-hydrogen) atoms. The summed E-state index contributed by atoms with van der Waals surface area (Å²) in [6.07, 6.45) is 0. The molecule has 1 saturated heterocycles.